The molecule has 1 aliphatic rings. The molecule has 2 aromatic rings. The van der Waals surface area contributed by atoms with Crippen LogP contribution in [0.4, 0.5) is 5.69 Å². The Morgan fingerprint density at radius 2 is 2.00 bits per heavy atom. The highest BCUT2D eigenvalue weighted by Gasteiger charge is 2.41. The predicted octanol–water partition coefficient (Wildman–Crippen LogP) is 3.28. The van der Waals surface area contributed by atoms with Crippen molar-refractivity contribution < 1.29 is 9.59 Å². The molecule has 1 heterocycles. The normalized spacial score (nSPS) is 15.6. The second-order valence-electron chi connectivity index (χ2n) is 6.36. The molecular formula is C18H22ClN3O2S. The molecular weight excluding hydrogens is 358 g/mol. The van der Waals surface area contributed by atoms with Crippen molar-refractivity contribution in [3.8, 4) is 0 Å². The number of thiophene rings is 1. The average Bonchev–Trinajstić information content (AvgIpc) is 3.30. The van der Waals surface area contributed by atoms with Crippen LogP contribution in [0.5, 0.6) is 0 Å². The summed E-state index contributed by atoms with van der Waals surface area (Å²) in [6, 6.07) is 10.5. The van der Waals surface area contributed by atoms with Crippen molar-refractivity contribution in [2.24, 2.45) is 11.7 Å². The van der Waals surface area contributed by atoms with Crippen LogP contribution in [0.1, 0.15) is 39.8 Å². The smallest absolute Gasteiger partial charge is 0.265 e. The minimum Gasteiger partial charge on any atom is -0.345 e. The van der Waals surface area contributed by atoms with Gasteiger partial charge in [-0.1, -0.05) is 12.1 Å². The molecule has 0 aliphatic heterocycles. The molecule has 1 saturated carbocycles. The molecule has 25 heavy (non-hydrogen) atoms. The molecule has 1 atom stereocenters. The lowest BCUT2D eigenvalue weighted by molar-refractivity contribution is 0.0897. The van der Waals surface area contributed by atoms with Gasteiger partial charge < -0.3 is 16.4 Å². The second-order valence-corrected chi connectivity index (χ2v) is 7.31. The van der Waals surface area contributed by atoms with E-state index in [4.69, 9.17) is 5.73 Å². The Morgan fingerprint density at radius 1 is 1.24 bits per heavy atom. The third kappa shape index (κ3) is 4.60. The summed E-state index contributed by atoms with van der Waals surface area (Å²) in [7, 11) is 0. The van der Waals surface area contributed by atoms with Crippen LogP contribution in [0, 0.1) is 5.92 Å². The van der Waals surface area contributed by atoms with Crippen molar-refractivity contribution in [1.29, 1.82) is 0 Å². The topological polar surface area (TPSA) is 84.2 Å². The number of amides is 2. The highest BCUT2D eigenvalue weighted by atomic mass is 35.5. The number of carbonyl (C=O) groups excluding carboxylic acids is 2. The van der Waals surface area contributed by atoms with Crippen molar-refractivity contribution in [3.63, 3.8) is 0 Å². The Labute approximate surface area is 157 Å². The van der Waals surface area contributed by atoms with Crippen molar-refractivity contribution in [3.05, 3.63) is 52.2 Å². The Hall–Kier alpha value is -1.89. The minimum absolute atomic E-state index is 0. The van der Waals surface area contributed by atoms with E-state index < -0.39 is 0 Å². The molecule has 0 saturated heterocycles. The molecule has 0 radical (unpaired) electrons. The van der Waals surface area contributed by atoms with Gasteiger partial charge in [0.1, 0.15) is 0 Å². The van der Waals surface area contributed by atoms with Gasteiger partial charge in [0.05, 0.1) is 10.4 Å². The van der Waals surface area contributed by atoms with E-state index in [0.717, 1.165) is 12.8 Å². The first-order valence-corrected chi connectivity index (χ1v) is 8.87. The average molecular weight is 380 g/mol. The van der Waals surface area contributed by atoms with Gasteiger partial charge in [-0.05, 0) is 55.3 Å². The van der Waals surface area contributed by atoms with E-state index in [0.29, 0.717) is 28.6 Å². The largest absolute Gasteiger partial charge is 0.345 e. The fourth-order valence-corrected chi connectivity index (χ4v) is 3.33. The summed E-state index contributed by atoms with van der Waals surface area (Å²) in [6.07, 6.45) is 2.20. The van der Waals surface area contributed by atoms with Gasteiger partial charge in [0, 0.05) is 17.8 Å². The minimum atomic E-state index is -0.368. The lowest BCUT2D eigenvalue weighted by Gasteiger charge is -2.29. The van der Waals surface area contributed by atoms with E-state index in [2.05, 4.69) is 10.6 Å². The number of rotatable bonds is 6. The lowest BCUT2D eigenvalue weighted by Crippen LogP contribution is -2.53. The van der Waals surface area contributed by atoms with Gasteiger partial charge in [0.2, 0.25) is 0 Å². The van der Waals surface area contributed by atoms with Crippen LogP contribution in [0.25, 0.3) is 0 Å². The van der Waals surface area contributed by atoms with E-state index in [1.807, 2.05) is 18.4 Å². The number of carbonyl (C=O) groups is 2. The summed E-state index contributed by atoms with van der Waals surface area (Å²) in [5, 5.41) is 7.72. The number of halogens is 1. The number of hydrogen-bond donors (Lipinski definition) is 3. The van der Waals surface area contributed by atoms with E-state index in [1.165, 1.54) is 11.3 Å². The summed E-state index contributed by atoms with van der Waals surface area (Å²) in [5.74, 6) is 0.113. The van der Waals surface area contributed by atoms with Gasteiger partial charge in [-0.15, -0.1) is 23.7 Å². The quantitative estimate of drug-likeness (QED) is 0.720. The lowest BCUT2D eigenvalue weighted by atomic mass is 9.95. The maximum absolute atomic E-state index is 12.5. The van der Waals surface area contributed by atoms with Crippen LogP contribution >= 0.6 is 23.7 Å². The fourth-order valence-electron chi connectivity index (χ4n) is 2.71. The number of hydrogen-bond acceptors (Lipinski definition) is 4. The molecule has 4 N–H and O–H groups in total. The molecule has 5 nitrogen and oxygen atoms in total. The molecule has 1 fully saturated rings. The van der Waals surface area contributed by atoms with Crippen molar-refractivity contribution in [2.75, 3.05) is 11.9 Å². The van der Waals surface area contributed by atoms with E-state index >= 15 is 0 Å². The maximum Gasteiger partial charge on any atom is 0.265 e. The van der Waals surface area contributed by atoms with Gasteiger partial charge in [-0.3, -0.25) is 9.59 Å². The first kappa shape index (κ1) is 19.4. The Kier molecular flexibility index (Phi) is 6.21. The molecule has 0 spiro atoms. The number of nitrogens with one attached hydrogen (secondary N) is 2. The van der Waals surface area contributed by atoms with Crippen LogP contribution in [0.2, 0.25) is 0 Å². The predicted molar refractivity (Wildman–Crippen MR) is 104 cm³/mol. The summed E-state index contributed by atoms with van der Waals surface area (Å²) in [5.41, 5.74) is 6.60. The van der Waals surface area contributed by atoms with E-state index in [9.17, 15) is 9.59 Å². The molecule has 1 unspecified atom stereocenters. The summed E-state index contributed by atoms with van der Waals surface area (Å²) in [6.45, 7) is 2.41. The van der Waals surface area contributed by atoms with Gasteiger partial charge in [-0.25, -0.2) is 0 Å². The zero-order chi connectivity index (χ0) is 17.2. The SMILES string of the molecule is CC(CN)(NC(=O)c1cccc(NC(=O)c2cccs2)c1)C1CC1.Cl. The fraction of sp³-hybridized carbons (Fsp3) is 0.333. The second kappa shape index (κ2) is 7.99. The number of benzene rings is 1. The van der Waals surface area contributed by atoms with Crippen LogP contribution in [0.15, 0.2) is 41.8 Å². The first-order valence-electron chi connectivity index (χ1n) is 7.99. The third-order valence-electron chi connectivity index (χ3n) is 4.43. The molecule has 1 aromatic heterocycles. The highest BCUT2D eigenvalue weighted by Crippen LogP contribution is 2.39. The summed E-state index contributed by atoms with van der Waals surface area (Å²) in [4.78, 5) is 25.3. The van der Waals surface area contributed by atoms with E-state index in [-0.39, 0.29) is 29.8 Å². The molecule has 7 heteroatoms. The van der Waals surface area contributed by atoms with Crippen LogP contribution < -0.4 is 16.4 Å². The summed E-state index contributed by atoms with van der Waals surface area (Å²) >= 11 is 1.38. The van der Waals surface area contributed by atoms with E-state index in [1.54, 1.807) is 30.3 Å². The molecule has 134 valence electrons. The van der Waals surface area contributed by atoms with Crippen molar-refractivity contribution in [2.45, 2.75) is 25.3 Å². The molecule has 2 amide bonds. The van der Waals surface area contributed by atoms with Gasteiger partial charge in [-0.2, -0.15) is 0 Å². The van der Waals surface area contributed by atoms with Crippen LogP contribution in [-0.2, 0) is 0 Å². The van der Waals surface area contributed by atoms with Crippen LogP contribution in [0.3, 0.4) is 0 Å². The summed E-state index contributed by atoms with van der Waals surface area (Å²) < 4.78 is 0. The van der Waals surface area contributed by atoms with Crippen molar-refractivity contribution in [1.82, 2.24) is 5.32 Å². The zero-order valence-corrected chi connectivity index (χ0v) is 15.6. The molecule has 1 aliphatic carbocycles. The van der Waals surface area contributed by atoms with Crippen LogP contribution in [-0.4, -0.2) is 23.9 Å². The van der Waals surface area contributed by atoms with Gasteiger partial charge in [0.15, 0.2) is 0 Å². The number of nitrogens with two attached hydrogens (primary N) is 1. The third-order valence-corrected chi connectivity index (χ3v) is 5.30. The monoisotopic (exact) mass is 379 g/mol. The first-order chi connectivity index (χ1) is 11.5. The molecule has 1 aromatic carbocycles. The Morgan fingerprint density at radius 3 is 2.60 bits per heavy atom. The van der Waals surface area contributed by atoms with Gasteiger partial charge >= 0.3 is 0 Å². The Balaban J connectivity index is 0.00000225. The Bertz CT molecular complexity index is 747. The standard InChI is InChI=1S/C18H21N3O2S.ClH/c1-18(11-19,13-7-8-13)21-16(22)12-4-2-5-14(10-12)20-17(23)15-6-3-9-24-15;/h2-6,9-10,13H,7-8,11,19H2,1H3,(H,20,23)(H,21,22);1H. The number of anilines is 1. The van der Waals surface area contributed by atoms with Crippen molar-refractivity contribution >= 4 is 41.2 Å². The zero-order valence-electron chi connectivity index (χ0n) is 14.0. The maximum atomic E-state index is 12.5. The van der Waals surface area contributed by atoms with Gasteiger partial charge in [0.25, 0.3) is 11.8 Å². The molecule has 3 rings (SSSR count). The highest BCUT2D eigenvalue weighted by molar-refractivity contribution is 7.12. The molecule has 0 bridgehead atoms.